The van der Waals surface area contributed by atoms with Crippen LogP contribution in [0.25, 0.3) is 6.08 Å². The van der Waals surface area contributed by atoms with Gasteiger partial charge in [-0.25, -0.2) is 0 Å². The van der Waals surface area contributed by atoms with Gasteiger partial charge in [-0.05, 0) is 35.4 Å². The Morgan fingerprint density at radius 2 is 1.75 bits per heavy atom. The molecule has 3 aromatic carbocycles. The van der Waals surface area contributed by atoms with Crippen molar-refractivity contribution in [2.45, 2.75) is 16.8 Å². The maximum atomic E-state index is 13.0. The maximum absolute atomic E-state index is 13.0. The van der Waals surface area contributed by atoms with E-state index in [-0.39, 0.29) is 0 Å². The molecule has 1 aliphatic rings. The van der Waals surface area contributed by atoms with Crippen molar-refractivity contribution in [3.8, 4) is 0 Å². The third-order valence-electron chi connectivity index (χ3n) is 5.30. The van der Waals surface area contributed by atoms with Crippen LogP contribution in [0.5, 0.6) is 0 Å². The van der Waals surface area contributed by atoms with Crippen molar-refractivity contribution in [2.75, 3.05) is 25.0 Å². The number of aliphatic imine (C=N–C) groups is 1. The predicted octanol–water partition coefficient (Wildman–Crippen LogP) is 6.95. The average molecular weight is 453 g/mol. The minimum Gasteiger partial charge on any atom is -0.372 e. The molecule has 0 bridgehead atoms. The number of rotatable bonds is 5. The number of nitrogens with zero attached hydrogens (tertiary/aromatic N) is 2. The molecular formula is C26H23F3N2S. The minimum atomic E-state index is -4.33. The maximum Gasteiger partial charge on any atom is 0.416 e. The third kappa shape index (κ3) is 5.25. The molecule has 0 atom stereocenters. The number of fused-ring (bicyclic) bond motifs is 1. The minimum absolute atomic E-state index is 0.462. The second kappa shape index (κ2) is 9.65. The number of allylic oxidation sites excluding steroid dienone is 1. The molecule has 0 saturated heterocycles. The first-order chi connectivity index (χ1) is 15.4. The Hall–Kier alpha value is -2.99. The van der Waals surface area contributed by atoms with Crippen LogP contribution in [0.1, 0.15) is 22.3 Å². The normalized spacial score (nSPS) is 14.2. The van der Waals surface area contributed by atoms with E-state index in [9.17, 15) is 13.2 Å². The number of halogens is 3. The zero-order valence-electron chi connectivity index (χ0n) is 17.6. The van der Waals surface area contributed by atoms with Crippen LogP contribution in [0.15, 0.2) is 88.8 Å². The van der Waals surface area contributed by atoms with Gasteiger partial charge in [-0.15, -0.1) is 11.8 Å². The van der Waals surface area contributed by atoms with E-state index in [0.717, 1.165) is 46.6 Å². The van der Waals surface area contributed by atoms with Crippen molar-refractivity contribution in [3.63, 3.8) is 0 Å². The highest BCUT2D eigenvalue weighted by Gasteiger charge is 2.30. The highest BCUT2D eigenvalue weighted by atomic mass is 32.2. The lowest BCUT2D eigenvalue weighted by Gasteiger charge is -2.18. The Labute approximate surface area is 190 Å². The summed E-state index contributed by atoms with van der Waals surface area (Å²) >= 11 is 1.53. The number of benzodiazepines with no additional fused rings is 1. The molecule has 0 aromatic heterocycles. The Bertz CT molecular complexity index is 1150. The van der Waals surface area contributed by atoms with Gasteiger partial charge < -0.3 is 4.90 Å². The lowest BCUT2D eigenvalue weighted by atomic mass is 10.1. The molecule has 3 aromatic rings. The van der Waals surface area contributed by atoms with Crippen molar-refractivity contribution in [2.24, 2.45) is 4.99 Å². The van der Waals surface area contributed by atoms with Crippen LogP contribution in [0.3, 0.4) is 0 Å². The topological polar surface area (TPSA) is 15.6 Å². The molecule has 0 aliphatic carbocycles. The molecule has 6 heteroatoms. The van der Waals surface area contributed by atoms with Crippen molar-refractivity contribution >= 4 is 29.2 Å². The van der Waals surface area contributed by atoms with E-state index in [4.69, 9.17) is 4.99 Å². The summed E-state index contributed by atoms with van der Waals surface area (Å²) in [4.78, 5) is 7.98. The summed E-state index contributed by atoms with van der Waals surface area (Å²) < 4.78 is 39.0. The first-order valence-corrected chi connectivity index (χ1v) is 11.3. The first kappa shape index (κ1) is 22.2. The number of anilines is 1. The third-order valence-corrected chi connectivity index (χ3v) is 6.46. The Morgan fingerprint density at radius 1 is 0.969 bits per heavy atom. The van der Waals surface area contributed by atoms with Gasteiger partial charge in [0.05, 0.1) is 17.8 Å². The van der Waals surface area contributed by atoms with Gasteiger partial charge in [-0.1, -0.05) is 60.7 Å². The van der Waals surface area contributed by atoms with E-state index in [0.29, 0.717) is 11.3 Å². The van der Waals surface area contributed by atoms with Crippen molar-refractivity contribution in [1.29, 1.82) is 0 Å². The summed E-state index contributed by atoms with van der Waals surface area (Å²) in [5, 5.41) is 0. The van der Waals surface area contributed by atoms with Crippen molar-refractivity contribution < 1.29 is 13.2 Å². The van der Waals surface area contributed by atoms with Crippen LogP contribution >= 0.6 is 11.8 Å². The van der Waals surface area contributed by atoms with Crippen LogP contribution in [0.4, 0.5) is 18.9 Å². The summed E-state index contributed by atoms with van der Waals surface area (Å²) in [6, 6.07) is 21.7. The van der Waals surface area contributed by atoms with E-state index in [1.54, 1.807) is 6.07 Å². The molecule has 0 unspecified atom stereocenters. The lowest BCUT2D eigenvalue weighted by molar-refractivity contribution is -0.137. The molecule has 0 fully saturated rings. The summed E-state index contributed by atoms with van der Waals surface area (Å²) in [7, 11) is 2.07. The van der Waals surface area contributed by atoms with E-state index in [1.807, 2.05) is 48.6 Å². The molecule has 1 aliphatic heterocycles. The fourth-order valence-electron chi connectivity index (χ4n) is 3.61. The summed E-state index contributed by atoms with van der Waals surface area (Å²) in [5.74, 6) is 0.462. The highest BCUT2D eigenvalue weighted by molar-refractivity contribution is 7.98. The van der Waals surface area contributed by atoms with Gasteiger partial charge in [0.1, 0.15) is 0 Å². The smallest absolute Gasteiger partial charge is 0.372 e. The van der Waals surface area contributed by atoms with Crippen LogP contribution < -0.4 is 4.90 Å². The van der Waals surface area contributed by atoms with Crippen LogP contribution in [-0.2, 0) is 11.9 Å². The summed E-state index contributed by atoms with van der Waals surface area (Å²) in [6.07, 6.45) is -0.262. The zero-order valence-corrected chi connectivity index (χ0v) is 18.5. The van der Waals surface area contributed by atoms with E-state index in [2.05, 4.69) is 24.1 Å². The summed E-state index contributed by atoms with van der Waals surface area (Å²) in [6.45, 7) is 1.58. The van der Waals surface area contributed by atoms with Gasteiger partial charge in [0, 0.05) is 35.5 Å². The van der Waals surface area contributed by atoms with Crippen LogP contribution in [0, 0.1) is 0 Å². The molecule has 0 saturated carbocycles. The van der Waals surface area contributed by atoms with Gasteiger partial charge >= 0.3 is 6.18 Å². The standard InChI is InChI=1S/C26H23F3N2S/c1-31-16-15-30-23(22-10-3-4-11-24(22)31)14-13-20-8-2-5-12-25(20)32-18-19-7-6-9-21(17-19)26(27,28)29/h2-14,17H,15-16,18H2,1H3. The monoisotopic (exact) mass is 452 g/mol. The van der Waals surface area contributed by atoms with Crippen molar-refractivity contribution in [3.05, 3.63) is 101 Å². The zero-order chi connectivity index (χ0) is 22.6. The molecule has 0 amide bonds. The average Bonchev–Trinajstić information content (AvgIpc) is 2.95. The van der Waals surface area contributed by atoms with Gasteiger partial charge in [0.25, 0.3) is 0 Å². The highest BCUT2D eigenvalue weighted by Crippen LogP contribution is 2.32. The Balaban J connectivity index is 1.54. The molecule has 0 radical (unpaired) electrons. The van der Waals surface area contributed by atoms with Gasteiger partial charge in [0.15, 0.2) is 0 Å². The molecular weight excluding hydrogens is 429 g/mol. The number of para-hydroxylation sites is 1. The molecule has 0 spiro atoms. The molecule has 164 valence electrons. The number of benzene rings is 3. The number of alkyl halides is 3. The largest absolute Gasteiger partial charge is 0.416 e. The Kier molecular flexibility index (Phi) is 6.70. The van der Waals surface area contributed by atoms with E-state index >= 15 is 0 Å². The van der Waals surface area contributed by atoms with Crippen molar-refractivity contribution in [1.82, 2.24) is 0 Å². The fraction of sp³-hybridized carbons (Fsp3) is 0.192. The van der Waals surface area contributed by atoms with Crippen LogP contribution in [-0.4, -0.2) is 25.8 Å². The SMILES string of the molecule is CN1CCN=C(C=Cc2ccccc2SCc2cccc(C(F)(F)F)c2)c2ccccc21. The van der Waals surface area contributed by atoms with E-state index < -0.39 is 11.7 Å². The molecule has 4 rings (SSSR count). The van der Waals surface area contributed by atoms with E-state index in [1.165, 1.54) is 23.9 Å². The quantitative estimate of drug-likeness (QED) is 0.389. The number of thioether (sulfide) groups is 1. The second-order valence-electron chi connectivity index (χ2n) is 7.56. The lowest BCUT2D eigenvalue weighted by Crippen LogP contribution is -2.20. The Morgan fingerprint density at radius 3 is 2.59 bits per heavy atom. The number of likely N-dealkylation sites (N-methyl/N-ethyl adjacent to an activating group) is 1. The number of hydrogen-bond donors (Lipinski definition) is 0. The second-order valence-corrected chi connectivity index (χ2v) is 8.58. The number of hydrogen-bond acceptors (Lipinski definition) is 3. The van der Waals surface area contributed by atoms with Gasteiger partial charge in [-0.3, -0.25) is 4.99 Å². The first-order valence-electron chi connectivity index (χ1n) is 10.3. The summed E-state index contributed by atoms with van der Waals surface area (Å²) in [5.41, 5.74) is 4.23. The fourth-order valence-corrected chi connectivity index (χ4v) is 4.59. The van der Waals surface area contributed by atoms with Gasteiger partial charge in [-0.2, -0.15) is 13.2 Å². The molecule has 2 nitrogen and oxygen atoms in total. The molecule has 1 heterocycles. The van der Waals surface area contributed by atoms with Crippen LogP contribution in [0.2, 0.25) is 0 Å². The predicted molar refractivity (Wildman–Crippen MR) is 128 cm³/mol. The molecule has 0 N–H and O–H groups in total. The van der Waals surface area contributed by atoms with Gasteiger partial charge in [0.2, 0.25) is 0 Å². The molecule has 32 heavy (non-hydrogen) atoms.